The zero-order valence-corrected chi connectivity index (χ0v) is 8.69. The van der Waals surface area contributed by atoms with Crippen LogP contribution in [0.25, 0.3) is 0 Å². The first-order valence-corrected chi connectivity index (χ1v) is 4.54. The molecule has 1 heterocycles. The van der Waals surface area contributed by atoms with Crippen molar-refractivity contribution in [2.75, 3.05) is 0 Å². The van der Waals surface area contributed by atoms with Crippen LogP contribution in [0.3, 0.4) is 0 Å². The highest BCUT2D eigenvalue weighted by Crippen LogP contribution is 2.22. The lowest BCUT2D eigenvalue weighted by atomic mass is 10.1. The van der Waals surface area contributed by atoms with Crippen LogP contribution in [0.15, 0.2) is 6.07 Å². The fraction of sp³-hybridized carbons (Fsp3) is 0.556. The van der Waals surface area contributed by atoms with E-state index in [9.17, 15) is 4.39 Å². The number of nitrogens with zero attached hydrogens (tertiary/aromatic N) is 2. The van der Waals surface area contributed by atoms with Crippen molar-refractivity contribution >= 4 is 11.6 Å². The summed E-state index contributed by atoms with van der Waals surface area (Å²) in [6.07, 6.45) is 0.728. The molecule has 0 aliphatic rings. The Hall–Kier alpha value is -0.700. The molecule has 4 heteroatoms. The van der Waals surface area contributed by atoms with E-state index in [4.69, 9.17) is 11.6 Å². The third-order valence-electron chi connectivity index (χ3n) is 1.64. The molecule has 0 bridgehead atoms. The molecule has 72 valence electrons. The van der Waals surface area contributed by atoms with E-state index in [0.29, 0.717) is 5.15 Å². The molecule has 0 spiro atoms. The zero-order chi connectivity index (χ0) is 10.1. The maximum atomic E-state index is 13.4. The summed E-state index contributed by atoms with van der Waals surface area (Å²) in [4.78, 5) is 7.89. The number of aryl methyl sites for hydroxylation is 1. The second kappa shape index (κ2) is 3.58. The molecule has 2 nitrogen and oxygen atoms in total. The Morgan fingerprint density at radius 1 is 1.46 bits per heavy atom. The van der Waals surface area contributed by atoms with Crippen molar-refractivity contribution in [2.45, 2.75) is 32.9 Å². The Morgan fingerprint density at radius 2 is 2.08 bits per heavy atom. The minimum absolute atomic E-state index is 0.150. The molecule has 0 aliphatic heterocycles. The number of aromatic nitrogens is 2. The van der Waals surface area contributed by atoms with Crippen molar-refractivity contribution in [1.29, 1.82) is 0 Å². The number of hydrogen-bond donors (Lipinski definition) is 0. The number of alkyl halides is 1. The third kappa shape index (κ3) is 2.62. The van der Waals surface area contributed by atoms with E-state index in [1.165, 1.54) is 13.8 Å². The van der Waals surface area contributed by atoms with Crippen LogP contribution in [0.4, 0.5) is 4.39 Å². The molecule has 0 fully saturated rings. The first-order valence-electron chi connectivity index (χ1n) is 4.16. The molecule has 13 heavy (non-hydrogen) atoms. The summed E-state index contributed by atoms with van der Waals surface area (Å²) >= 11 is 5.72. The lowest BCUT2D eigenvalue weighted by Crippen LogP contribution is -2.15. The standard InChI is InChI=1S/C9H12ClFN2/c1-4-6-5-7(10)13-8(12-6)9(2,3)11/h5H,4H2,1-3H3. The minimum atomic E-state index is -1.53. The number of hydrogen-bond acceptors (Lipinski definition) is 2. The normalized spacial score (nSPS) is 11.8. The summed E-state index contributed by atoms with van der Waals surface area (Å²) in [6.45, 7) is 4.77. The van der Waals surface area contributed by atoms with Crippen LogP contribution in [-0.2, 0) is 12.1 Å². The van der Waals surface area contributed by atoms with Gasteiger partial charge < -0.3 is 0 Å². The largest absolute Gasteiger partial charge is 0.236 e. The Balaban J connectivity index is 3.16. The Morgan fingerprint density at radius 3 is 2.54 bits per heavy atom. The Bertz CT molecular complexity index is 307. The van der Waals surface area contributed by atoms with E-state index in [2.05, 4.69) is 9.97 Å². The molecule has 1 aromatic heterocycles. The fourth-order valence-corrected chi connectivity index (χ4v) is 1.12. The van der Waals surface area contributed by atoms with Gasteiger partial charge in [-0.3, -0.25) is 0 Å². The summed E-state index contributed by atoms with van der Waals surface area (Å²) < 4.78 is 13.4. The third-order valence-corrected chi connectivity index (χ3v) is 1.84. The van der Waals surface area contributed by atoms with Crippen LogP contribution >= 0.6 is 11.6 Å². The first kappa shape index (κ1) is 10.4. The van der Waals surface area contributed by atoms with Crippen LogP contribution in [0.5, 0.6) is 0 Å². The molecular weight excluding hydrogens is 191 g/mol. The molecule has 0 unspecified atom stereocenters. The molecule has 0 aromatic carbocycles. The van der Waals surface area contributed by atoms with Gasteiger partial charge >= 0.3 is 0 Å². The van der Waals surface area contributed by atoms with E-state index < -0.39 is 5.67 Å². The molecule has 0 radical (unpaired) electrons. The lowest BCUT2D eigenvalue weighted by Gasteiger charge is -2.13. The number of rotatable bonds is 2. The Labute approximate surface area is 82.2 Å². The van der Waals surface area contributed by atoms with Gasteiger partial charge in [0, 0.05) is 5.69 Å². The molecule has 1 aromatic rings. The summed E-state index contributed by atoms with van der Waals surface area (Å²) in [6, 6.07) is 1.65. The van der Waals surface area contributed by atoms with Crippen molar-refractivity contribution in [3.63, 3.8) is 0 Å². The Kier molecular flexibility index (Phi) is 2.86. The second-order valence-corrected chi connectivity index (χ2v) is 3.72. The molecule has 0 saturated heterocycles. The van der Waals surface area contributed by atoms with Crippen molar-refractivity contribution in [3.05, 3.63) is 22.7 Å². The monoisotopic (exact) mass is 202 g/mol. The topological polar surface area (TPSA) is 25.8 Å². The molecule has 0 atom stereocenters. The molecule has 1 rings (SSSR count). The van der Waals surface area contributed by atoms with Crippen LogP contribution in [0.1, 0.15) is 32.3 Å². The molecule has 0 N–H and O–H groups in total. The highest BCUT2D eigenvalue weighted by Gasteiger charge is 2.23. The smallest absolute Gasteiger partial charge is 0.167 e. The van der Waals surface area contributed by atoms with Gasteiger partial charge in [0.05, 0.1) is 0 Å². The zero-order valence-electron chi connectivity index (χ0n) is 7.93. The van der Waals surface area contributed by atoms with Crippen LogP contribution in [0.2, 0.25) is 5.15 Å². The van der Waals surface area contributed by atoms with Gasteiger partial charge in [0.1, 0.15) is 5.15 Å². The van der Waals surface area contributed by atoms with Crippen molar-refractivity contribution < 1.29 is 4.39 Å². The maximum Gasteiger partial charge on any atom is 0.167 e. The van der Waals surface area contributed by atoms with Gasteiger partial charge in [-0.2, -0.15) is 0 Å². The summed E-state index contributed by atoms with van der Waals surface area (Å²) in [5.41, 5.74) is -0.768. The summed E-state index contributed by atoms with van der Waals surface area (Å²) in [5, 5.41) is 0.299. The first-order chi connectivity index (χ1) is 5.93. The van der Waals surface area contributed by atoms with Crippen molar-refractivity contribution in [1.82, 2.24) is 9.97 Å². The highest BCUT2D eigenvalue weighted by atomic mass is 35.5. The van der Waals surface area contributed by atoms with Gasteiger partial charge in [0.2, 0.25) is 0 Å². The summed E-state index contributed by atoms with van der Waals surface area (Å²) in [5.74, 6) is 0.150. The fourth-order valence-electron chi connectivity index (χ4n) is 0.911. The van der Waals surface area contributed by atoms with Gasteiger partial charge in [-0.25, -0.2) is 14.4 Å². The van der Waals surface area contributed by atoms with Gasteiger partial charge in [-0.15, -0.1) is 0 Å². The van der Waals surface area contributed by atoms with Gasteiger partial charge in [0.25, 0.3) is 0 Å². The minimum Gasteiger partial charge on any atom is -0.236 e. The van der Waals surface area contributed by atoms with E-state index in [1.807, 2.05) is 6.92 Å². The quantitative estimate of drug-likeness (QED) is 0.690. The predicted octanol–water partition coefficient (Wildman–Crippen LogP) is 2.90. The lowest BCUT2D eigenvalue weighted by molar-refractivity contribution is 0.206. The van der Waals surface area contributed by atoms with Gasteiger partial charge in [-0.05, 0) is 26.3 Å². The molecular formula is C9H12ClFN2. The average molecular weight is 203 g/mol. The average Bonchev–Trinajstić information content (AvgIpc) is 2.01. The van der Waals surface area contributed by atoms with Crippen LogP contribution in [0, 0.1) is 0 Å². The predicted molar refractivity (Wildman–Crippen MR) is 50.6 cm³/mol. The van der Waals surface area contributed by atoms with Gasteiger partial charge in [-0.1, -0.05) is 18.5 Å². The van der Waals surface area contributed by atoms with E-state index in [1.54, 1.807) is 6.07 Å². The number of halogens is 2. The van der Waals surface area contributed by atoms with Crippen LogP contribution in [-0.4, -0.2) is 9.97 Å². The SMILES string of the molecule is CCc1cc(Cl)nc(C(C)(C)F)n1. The van der Waals surface area contributed by atoms with E-state index in [-0.39, 0.29) is 5.82 Å². The van der Waals surface area contributed by atoms with Crippen molar-refractivity contribution in [2.24, 2.45) is 0 Å². The van der Waals surface area contributed by atoms with E-state index in [0.717, 1.165) is 12.1 Å². The second-order valence-electron chi connectivity index (χ2n) is 3.33. The maximum absolute atomic E-state index is 13.4. The van der Waals surface area contributed by atoms with Crippen LogP contribution < -0.4 is 0 Å². The van der Waals surface area contributed by atoms with Gasteiger partial charge in [0.15, 0.2) is 11.5 Å². The van der Waals surface area contributed by atoms with Crippen molar-refractivity contribution in [3.8, 4) is 0 Å². The molecule has 0 saturated carbocycles. The summed E-state index contributed by atoms with van der Waals surface area (Å²) in [7, 11) is 0. The molecule has 0 aliphatic carbocycles. The molecule has 0 amide bonds. The van der Waals surface area contributed by atoms with E-state index >= 15 is 0 Å². The highest BCUT2D eigenvalue weighted by molar-refractivity contribution is 6.29.